The quantitative estimate of drug-likeness (QED) is 0.853. The number of hydrogen-bond acceptors (Lipinski definition) is 2. The van der Waals surface area contributed by atoms with E-state index < -0.39 is 0 Å². The van der Waals surface area contributed by atoms with Crippen LogP contribution in [0.4, 0.5) is 0 Å². The topological polar surface area (TPSA) is 32.3 Å². The predicted molar refractivity (Wildman–Crippen MR) is 66.9 cm³/mol. The van der Waals surface area contributed by atoms with Crippen molar-refractivity contribution in [1.82, 2.24) is 5.32 Å². The Morgan fingerprint density at radius 2 is 2.06 bits per heavy atom. The molecule has 2 N–H and O–H groups in total. The van der Waals surface area contributed by atoms with Crippen molar-refractivity contribution in [3.05, 3.63) is 33.8 Å². The molecule has 1 fully saturated rings. The maximum Gasteiger partial charge on any atom is 0.0499 e. The molecule has 2 nitrogen and oxygen atoms in total. The summed E-state index contributed by atoms with van der Waals surface area (Å²) < 4.78 is 0. The molecule has 2 rings (SSSR count). The van der Waals surface area contributed by atoms with E-state index in [-0.39, 0.29) is 12.0 Å². The molecule has 1 aliphatic rings. The molecule has 0 radical (unpaired) electrons. The highest BCUT2D eigenvalue weighted by Crippen LogP contribution is 2.44. The van der Waals surface area contributed by atoms with Crippen LogP contribution in [0.2, 0.25) is 10.0 Å². The molecule has 16 heavy (non-hydrogen) atoms. The second-order valence-electron chi connectivity index (χ2n) is 4.50. The Kier molecular flexibility index (Phi) is 3.75. The fourth-order valence-electron chi connectivity index (χ4n) is 1.71. The maximum atomic E-state index is 9.17. The third kappa shape index (κ3) is 2.89. The summed E-state index contributed by atoms with van der Waals surface area (Å²) in [6, 6.07) is 5.46. The third-order valence-corrected chi connectivity index (χ3v) is 3.72. The summed E-state index contributed by atoms with van der Waals surface area (Å²) in [6.07, 6.45) is 2.22. The average molecular weight is 260 g/mol. The van der Waals surface area contributed by atoms with Gasteiger partial charge in [0.2, 0.25) is 0 Å². The summed E-state index contributed by atoms with van der Waals surface area (Å²) in [5.74, 6) is 0. The van der Waals surface area contributed by atoms with Gasteiger partial charge < -0.3 is 10.4 Å². The summed E-state index contributed by atoms with van der Waals surface area (Å²) in [7, 11) is 0. The van der Waals surface area contributed by atoms with Crippen LogP contribution in [-0.4, -0.2) is 18.3 Å². The van der Waals surface area contributed by atoms with E-state index in [0.717, 1.165) is 30.0 Å². The fourth-order valence-corrected chi connectivity index (χ4v) is 2.09. The standard InChI is InChI=1S/C12H15Cl2NO/c13-10-1-2-11(14)9(5-10)6-15-7-12(8-16)3-4-12/h1-2,5,15-16H,3-4,6-8H2. The molecule has 88 valence electrons. The Bertz CT molecular complexity index is 377. The van der Waals surface area contributed by atoms with Crippen LogP contribution in [0.25, 0.3) is 0 Å². The number of nitrogens with one attached hydrogen (secondary N) is 1. The van der Waals surface area contributed by atoms with Gasteiger partial charge in [-0.25, -0.2) is 0 Å². The van der Waals surface area contributed by atoms with Crippen LogP contribution >= 0.6 is 23.2 Å². The third-order valence-electron chi connectivity index (χ3n) is 3.12. The number of rotatable bonds is 5. The molecule has 0 aromatic heterocycles. The molecule has 0 unspecified atom stereocenters. The molecule has 0 atom stereocenters. The van der Waals surface area contributed by atoms with Crippen molar-refractivity contribution in [2.75, 3.05) is 13.2 Å². The second kappa shape index (κ2) is 4.92. The molecule has 0 saturated heterocycles. The first-order valence-electron chi connectivity index (χ1n) is 5.41. The zero-order chi connectivity index (χ0) is 11.6. The van der Waals surface area contributed by atoms with Gasteiger partial charge in [-0.05, 0) is 36.6 Å². The monoisotopic (exact) mass is 259 g/mol. The van der Waals surface area contributed by atoms with Crippen LogP contribution in [0.5, 0.6) is 0 Å². The van der Waals surface area contributed by atoms with Gasteiger partial charge in [-0.15, -0.1) is 0 Å². The number of aliphatic hydroxyl groups is 1. The Hall–Kier alpha value is -0.280. The Balaban J connectivity index is 1.87. The van der Waals surface area contributed by atoms with Crippen LogP contribution in [0, 0.1) is 5.41 Å². The summed E-state index contributed by atoms with van der Waals surface area (Å²) >= 11 is 11.9. The van der Waals surface area contributed by atoms with E-state index in [0.29, 0.717) is 11.6 Å². The van der Waals surface area contributed by atoms with Crippen molar-refractivity contribution in [2.24, 2.45) is 5.41 Å². The predicted octanol–water partition coefficient (Wildman–Crippen LogP) is 2.86. The zero-order valence-electron chi connectivity index (χ0n) is 8.97. The summed E-state index contributed by atoms with van der Waals surface area (Å²) in [5, 5.41) is 13.9. The van der Waals surface area contributed by atoms with E-state index in [1.807, 2.05) is 6.07 Å². The molecule has 0 amide bonds. The van der Waals surface area contributed by atoms with Crippen LogP contribution in [0.15, 0.2) is 18.2 Å². The van der Waals surface area contributed by atoms with E-state index in [1.165, 1.54) is 0 Å². The minimum Gasteiger partial charge on any atom is -0.396 e. The number of halogens is 2. The lowest BCUT2D eigenvalue weighted by Gasteiger charge is -2.13. The molecule has 4 heteroatoms. The van der Waals surface area contributed by atoms with Crippen molar-refractivity contribution in [2.45, 2.75) is 19.4 Å². The van der Waals surface area contributed by atoms with E-state index in [9.17, 15) is 0 Å². The summed E-state index contributed by atoms with van der Waals surface area (Å²) in [5.41, 5.74) is 1.13. The molecule has 0 heterocycles. The highest BCUT2D eigenvalue weighted by molar-refractivity contribution is 6.33. The van der Waals surface area contributed by atoms with Crippen LogP contribution in [0.1, 0.15) is 18.4 Å². The van der Waals surface area contributed by atoms with E-state index >= 15 is 0 Å². The fraction of sp³-hybridized carbons (Fsp3) is 0.500. The zero-order valence-corrected chi connectivity index (χ0v) is 10.5. The highest BCUT2D eigenvalue weighted by atomic mass is 35.5. The first-order valence-corrected chi connectivity index (χ1v) is 6.16. The van der Waals surface area contributed by atoms with Gasteiger partial charge in [0, 0.05) is 35.2 Å². The average Bonchev–Trinajstić information content (AvgIpc) is 3.04. The number of aliphatic hydroxyl groups excluding tert-OH is 1. The van der Waals surface area contributed by atoms with Crippen molar-refractivity contribution >= 4 is 23.2 Å². The molecular formula is C12H15Cl2NO. The largest absolute Gasteiger partial charge is 0.396 e. The molecule has 0 spiro atoms. The molecule has 1 aromatic rings. The molecule has 0 aliphatic heterocycles. The van der Waals surface area contributed by atoms with E-state index in [2.05, 4.69) is 5.32 Å². The smallest absolute Gasteiger partial charge is 0.0499 e. The molecular weight excluding hydrogens is 245 g/mol. The maximum absolute atomic E-state index is 9.17. The second-order valence-corrected chi connectivity index (χ2v) is 5.34. The molecule has 0 bridgehead atoms. The van der Waals surface area contributed by atoms with Gasteiger partial charge in [-0.2, -0.15) is 0 Å². The highest BCUT2D eigenvalue weighted by Gasteiger charge is 2.41. The Morgan fingerprint density at radius 1 is 1.31 bits per heavy atom. The summed E-state index contributed by atoms with van der Waals surface area (Å²) in [6.45, 7) is 1.80. The normalized spacial score (nSPS) is 17.4. The summed E-state index contributed by atoms with van der Waals surface area (Å²) in [4.78, 5) is 0. The first kappa shape index (κ1) is 12.2. The van der Waals surface area contributed by atoms with E-state index in [4.69, 9.17) is 28.3 Å². The van der Waals surface area contributed by atoms with Crippen molar-refractivity contribution in [1.29, 1.82) is 0 Å². The molecule has 1 saturated carbocycles. The van der Waals surface area contributed by atoms with Gasteiger partial charge in [-0.1, -0.05) is 23.2 Å². The number of benzene rings is 1. The SMILES string of the molecule is OCC1(CNCc2cc(Cl)ccc2Cl)CC1. The lowest BCUT2D eigenvalue weighted by molar-refractivity contribution is 0.207. The van der Waals surface area contributed by atoms with Crippen molar-refractivity contribution < 1.29 is 5.11 Å². The Morgan fingerprint density at radius 3 is 2.69 bits per heavy atom. The van der Waals surface area contributed by atoms with Gasteiger partial charge in [0.15, 0.2) is 0 Å². The van der Waals surface area contributed by atoms with Crippen molar-refractivity contribution in [3.63, 3.8) is 0 Å². The van der Waals surface area contributed by atoms with Crippen LogP contribution in [-0.2, 0) is 6.54 Å². The Labute approximate surface area is 106 Å². The van der Waals surface area contributed by atoms with Crippen molar-refractivity contribution in [3.8, 4) is 0 Å². The van der Waals surface area contributed by atoms with E-state index in [1.54, 1.807) is 12.1 Å². The van der Waals surface area contributed by atoms with Gasteiger partial charge >= 0.3 is 0 Å². The van der Waals surface area contributed by atoms with Gasteiger partial charge in [0.05, 0.1) is 0 Å². The number of hydrogen-bond donors (Lipinski definition) is 2. The lowest BCUT2D eigenvalue weighted by atomic mass is 10.1. The molecule has 1 aromatic carbocycles. The van der Waals surface area contributed by atoms with Gasteiger partial charge in [0.25, 0.3) is 0 Å². The molecule has 1 aliphatic carbocycles. The van der Waals surface area contributed by atoms with Crippen LogP contribution < -0.4 is 5.32 Å². The first-order chi connectivity index (χ1) is 7.65. The van der Waals surface area contributed by atoms with Gasteiger partial charge in [-0.3, -0.25) is 0 Å². The van der Waals surface area contributed by atoms with Crippen LogP contribution in [0.3, 0.4) is 0 Å². The minimum absolute atomic E-state index is 0.130. The minimum atomic E-state index is 0.130. The lowest BCUT2D eigenvalue weighted by Crippen LogP contribution is -2.26. The van der Waals surface area contributed by atoms with Gasteiger partial charge in [0.1, 0.15) is 0 Å².